The van der Waals surface area contributed by atoms with Crippen molar-refractivity contribution in [1.82, 2.24) is 9.13 Å². The molecule has 0 bridgehead atoms. The number of imidazole rings is 1. The first-order valence-electron chi connectivity index (χ1n) is 10.3. The summed E-state index contributed by atoms with van der Waals surface area (Å²) in [5.41, 5.74) is 2.61. The molecule has 0 atom stereocenters. The molecule has 0 aliphatic carbocycles. The van der Waals surface area contributed by atoms with Gasteiger partial charge in [0.25, 0.3) is 0 Å². The molecular weight excluding hydrogens is 382 g/mol. The molecule has 158 valence electrons. The molecule has 3 rings (SSSR count). The summed E-state index contributed by atoms with van der Waals surface area (Å²) in [4.78, 5) is 36.9. The highest BCUT2D eigenvalue weighted by Gasteiger charge is 2.13. The molecule has 1 N–H and O–H groups in total. The quantitative estimate of drug-likeness (QED) is 0.430. The van der Waals surface area contributed by atoms with Gasteiger partial charge in [-0.25, -0.2) is 9.59 Å². The maximum Gasteiger partial charge on any atom is 0.338 e. The van der Waals surface area contributed by atoms with E-state index in [1.54, 1.807) is 33.4 Å². The van der Waals surface area contributed by atoms with Crippen LogP contribution in [0.5, 0.6) is 0 Å². The number of benzene rings is 2. The van der Waals surface area contributed by atoms with E-state index in [0.717, 1.165) is 23.9 Å². The predicted molar refractivity (Wildman–Crippen MR) is 117 cm³/mol. The van der Waals surface area contributed by atoms with Crippen molar-refractivity contribution in [2.24, 2.45) is 0 Å². The standard InChI is InChI=1S/C23H27N3O4/c1-3-5-16-30-22(28)17-10-12-18(13-11-17)24-21(27)14-15-26-20-9-7-6-8-19(20)25(4-2)23(26)29/h6-13H,3-5,14-16H2,1-2H3,(H,24,27). The van der Waals surface area contributed by atoms with Gasteiger partial charge < -0.3 is 10.1 Å². The summed E-state index contributed by atoms with van der Waals surface area (Å²) in [5.74, 6) is -0.568. The lowest BCUT2D eigenvalue weighted by atomic mass is 10.2. The van der Waals surface area contributed by atoms with Gasteiger partial charge in [0.2, 0.25) is 5.91 Å². The zero-order valence-corrected chi connectivity index (χ0v) is 17.4. The van der Waals surface area contributed by atoms with Crippen molar-refractivity contribution in [3.63, 3.8) is 0 Å². The minimum absolute atomic E-state index is 0.113. The van der Waals surface area contributed by atoms with Gasteiger partial charge in [0.05, 0.1) is 23.2 Å². The summed E-state index contributed by atoms with van der Waals surface area (Å²) >= 11 is 0. The van der Waals surface area contributed by atoms with Crippen LogP contribution in [0.4, 0.5) is 5.69 Å². The molecular formula is C23H27N3O4. The summed E-state index contributed by atoms with van der Waals surface area (Å²) in [6, 6.07) is 14.2. The number of aryl methyl sites for hydroxylation is 2. The number of fused-ring (bicyclic) bond motifs is 1. The Morgan fingerprint density at radius 1 is 0.967 bits per heavy atom. The number of para-hydroxylation sites is 2. The average molecular weight is 409 g/mol. The highest BCUT2D eigenvalue weighted by Crippen LogP contribution is 2.14. The van der Waals surface area contributed by atoms with Gasteiger partial charge in [0.1, 0.15) is 0 Å². The molecule has 0 fully saturated rings. The van der Waals surface area contributed by atoms with Gasteiger partial charge in [-0.1, -0.05) is 25.5 Å². The number of anilines is 1. The number of esters is 1. The number of rotatable bonds is 9. The van der Waals surface area contributed by atoms with Crippen molar-refractivity contribution in [2.45, 2.75) is 46.2 Å². The fourth-order valence-electron chi connectivity index (χ4n) is 3.31. The molecule has 2 aromatic carbocycles. The molecule has 30 heavy (non-hydrogen) atoms. The molecule has 0 saturated carbocycles. The molecule has 0 aliphatic heterocycles. The Labute approximate surface area is 175 Å². The van der Waals surface area contributed by atoms with Crippen molar-refractivity contribution < 1.29 is 14.3 Å². The Morgan fingerprint density at radius 3 is 2.27 bits per heavy atom. The Kier molecular flexibility index (Phi) is 7.06. The van der Waals surface area contributed by atoms with Crippen LogP contribution in [-0.4, -0.2) is 27.6 Å². The van der Waals surface area contributed by atoms with Crippen LogP contribution in [0.3, 0.4) is 0 Å². The fraction of sp³-hybridized carbons (Fsp3) is 0.348. The highest BCUT2D eigenvalue weighted by atomic mass is 16.5. The van der Waals surface area contributed by atoms with Crippen LogP contribution in [0.1, 0.15) is 43.5 Å². The second-order valence-corrected chi connectivity index (χ2v) is 7.03. The van der Waals surface area contributed by atoms with Crippen LogP contribution in [-0.2, 0) is 22.6 Å². The smallest absolute Gasteiger partial charge is 0.338 e. The van der Waals surface area contributed by atoms with Crippen molar-refractivity contribution >= 4 is 28.6 Å². The summed E-state index contributed by atoms with van der Waals surface area (Å²) in [5, 5.41) is 2.81. The normalized spacial score (nSPS) is 10.9. The number of unbranched alkanes of at least 4 members (excludes halogenated alkanes) is 1. The number of carbonyl (C=O) groups excluding carboxylic acids is 2. The summed E-state index contributed by atoms with van der Waals surface area (Å²) in [6.45, 7) is 5.23. The summed E-state index contributed by atoms with van der Waals surface area (Å²) < 4.78 is 8.51. The topological polar surface area (TPSA) is 82.3 Å². The van der Waals surface area contributed by atoms with E-state index in [2.05, 4.69) is 5.32 Å². The van der Waals surface area contributed by atoms with Crippen LogP contribution in [0, 0.1) is 0 Å². The SMILES string of the molecule is CCCCOC(=O)c1ccc(NC(=O)CCn2c(=O)n(CC)c3ccccc32)cc1. The third-order valence-electron chi connectivity index (χ3n) is 4.94. The number of carbonyl (C=O) groups is 2. The maximum atomic E-state index is 12.6. The Hall–Kier alpha value is -3.35. The van der Waals surface area contributed by atoms with Crippen molar-refractivity contribution in [3.05, 3.63) is 64.6 Å². The first-order valence-corrected chi connectivity index (χ1v) is 10.3. The molecule has 1 amide bonds. The number of amides is 1. The second kappa shape index (κ2) is 9.91. The third kappa shape index (κ3) is 4.79. The van der Waals surface area contributed by atoms with Crippen LogP contribution in [0.15, 0.2) is 53.3 Å². The number of hydrogen-bond acceptors (Lipinski definition) is 4. The van der Waals surface area contributed by atoms with Gasteiger partial charge in [-0.2, -0.15) is 0 Å². The number of ether oxygens (including phenoxy) is 1. The van der Waals surface area contributed by atoms with Crippen LogP contribution in [0.2, 0.25) is 0 Å². The number of nitrogens with one attached hydrogen (secondary N) is 1. The predicted octanol–water partition coefficient (Wildman–Crippen LogP) is 3.81. The van der Waals surface area contributed by atoms with Gasteiger partial charge >= 0.3 is 11.7 Å². The zero-order valence-electron chi connectivity index (χ0n) is 17.4. The van der Waals surface area contributed by atoms with E-state index in [9.17, 15) is 14.4 Å². The maximum absolute atomic E-state index is 12.6. The lowest BCUT2D eigenvalue weighted by molar-refractivity contribution is -0.116. The fourth-order valence-corrected chi connectivity index (χ4v) is 3.31. The molecule has 1 heterocycles. The van der Waals surface area contributed by atoms with E-state index < -0.39 is 0 Å². The highest BCUT2D eigenvalue weighted by molar-refractivity contribution is 5.93. The van der Waals surface area contributed by atoms with Gasteiger partial charge in [-0.05, 0) is 49.7 Å². The Balaban J connectivity index is 1.60. The van der Waals surface area contributed by atoms with Crippen molar-refractivity contribution in [3.8, 4) is 0 Å². The first-order chi connectivity index (χ1) is 14.5. The lowest BCUT2D eigenvalue weighted by Gasteiger charge is -2.08. The number of nitrogens with zero attached hydrogens (tertiary/aromatic N) is 2. The molecule has 0 saturated heterocycles. The molecule has 3 aromatic rings. The Morgan fingerprint density at radius 2 is 1.63 bits per heavy atom. The van der Waals surface area contributed by atoms with Crippen molar-refractivity contribution in [1.29, 1.82) is 0 Å². The Bertz CT molecular complexity index is 1080. The van der Waals surface area contributed by atoms with E-state index in [0.29, 0.717) is 30.9 Å². The van der Waals surface area contributed by atoms with Crippen LogP contribution < -0.4 is 11.0 Å². The summed E-state index contributed by atoms with van der Waals surface area (Å²) in [7, 11) is 0. The third-order valence-corrected chi connectivity index (χ3v) is 4.94. The van der Waals surface area contributed by atoms with Gasteiger partial charge in [0.15, 0.2) is 0 Å². The van der Waals surface area contributed by atoms with Crippen LogP contribution >= 0.6 is 0 Å². The molecule has 0 unspecified atom stereocenters. The van der Waals surface area contributed by atoms with E-state index in [1.165, 1.54) is 0 Å². The zero-order chi connectivity index (χ0) is 21.5. The van der Waals surface area contributed by atoms with Gasteiger partial charge in [-0.15, -0.1) is 0 Å². The number of hydrogen-bond donors (Lipinski definition) is 1. The van der Waals surface area contributed by atoms with Crippen LogP contribution in [0.25, 0.3) is 11.0 Å². The molecule has 7 nitrogen and oxygen atoms in total. The monoisotopic (exact) mass is 409 g/mol. The van der Waals surface area contributed by atoms with Gasteiger partial charge in [0, 0.05) is 25.2 Å². The van der Waals surface area contributed by atoms with E-state index in [1.807, 2.05) is 38.1 Å². The van der Waals surface area contributed by atoms with E-state index >= 15 is 0 Å². The first kappa shape index (κ1) is 21.4. The largest absolute Gasteiger partial charge is 0.462 e. The lowest BCUT2D eigenvalue weighted by Crippen LogP contribution is -2.25. The van der Waals surface area contributed by atoms with E-state index in [-0.39, 0.29) is 24.0 Å². The van der Waals surface area contributed by atoms with Gasteiger partial charge in [-0.3, -0.25) is 13.9 Å². The average Bonchev–Trinajstić information content (AvgIpc) is 3.03. The summed E-state index contributed by atoms with van der Waals surface area (Å²) in [6.07, 6.45) is 1.96. The molecule has 7 heteroatoms. The minimum atomic E-state index is -0.368. The molecule has 0 aliphatic rings. The molecule has 0 radical (unpaired) electrons. The molecule has 0 spiro atoms. The second-order valence-electron chi connectivity index (χ2n) is 7.03. The number of aromatic nitrogens is 2. The minimum Gasteiger partial charge on any atom is -0.462 e. The molecule has 1 aromatic heterocycles. The van der Waals surface area contributed by atoms with Crippen molar-refractivity contribution in [2.75, 3.05) is 11.9 Å². The van der Waals surface area contributed by atoms with E-state index in [4.69, 9.17) is 4.74 Å².